The van der Waals surface area contributed by atoms with E-state index < -0.39 is 51.4 Å². The summed E-state index contributed by atoms with van der Waals surface area (Å²) in [6, 6.07) is 0.247. The van der Waals surface area contributed by atoms with Gasteiger partial charge in [-0.2, -0.15) is 0 Å². The number of hydrogen-bond acceptors (Lipinski definition) is 3. The van der Waals surface area contributed by atoms with Gasteiger partial charge in [0.25, 0.3) is 5.92 Å². The van der Waals surface area contributed by atoms with Crippen LogP contribution in [0.3, 0.4) is 0 Å². The number of hydrogen-bond donors (Lipinski definition) is 2. The highest BCUT2D eigenvalue weighted by Gasteiger charge is 2.32. The summed E-state index contributed by atoms with van der Waals surface area (Å²) in [5, 5.41) is 0. The van der Waals surface area contributed by atoms with Crippen molar-refractivity contribution in [2.24, 2.45) is 5.73 Å². The number of nitrogens with two attached hydrogens (primary N) is 1. The van der Waals surface area contributed by atoms with Gasteiger partial charge in [-0.05, 0) is 0 Å². The fourth-order valence-corrected chi connectivity index (χ4v) is 2.31. The molecule has 0 fully saturated rings. The van der Waals surface area contributed by atoms with Crippen LogP contribution in [0.2, 0.25) is 0 Å². The zero-order chi connectivity index (χ0) is 14.8. The maximum atomic E-state index is 13.2. The van der Waals surface area contributed by atoms with E-state index in [1.54, 1.807) is 0 Å². The first-order valence-corrected chi connectivity index (χ1v) is 6.29. The normalized spacial score (nSPS) is 12.7. The van der Waals surface area contributed by atoms with Crippen LogP contribution in [0.1, 0.15) is 0 Å². The van der Waals surface area contributed by atoms with Crippen molar-refractivity contribution in [3.8, 4) is 0 Å². The van der Waals surface area contributed by atoms with Gasteiger partial charge in [-0.1, -0.05) is 0 Å². The van der Waals surface area contributed by atoms with E-state index in [4.69, 9.17) is 0 Å². The molecule has 1 aromatic rings. The topological polar surface area (TPSA) is 72.2 Å². The summed E-state index contributed by atoms with van der Waals surface area (Å²) in [5.74, 6) is -8.34. The van der Waals surface area contributed by atoms with Crippen molar-refractivity contribution in [2.75, 3.05) is 13.1 Å². The molecule has 3 N–H and O–H groups in total. The smallest absolute Gasteiger partial charge is 0.273 e. The van der Waals surface area contributed by atoms with E-state index >= 15 is 0 Å². The second-order valence-corrected chi connectivity index (χ2v) is 5.29. The van der Waals surface area contributed by atoms with Crippen LogP contribution in [0.5, 0.6) is 0 Å². The number of nitrogens with one attached hydrogen (secondary N) is 1. The Kier molecular flexibility index (Phi) is 4.48. The summed E-state index contributed by atoms with van der Waals surface area (Å²) >= 11 is 0. The van der Waals surface area contributed by atoms with Crippen molar-refractivity contribution in [1.29, 1.82) is 0 Å². The molecule has 0 heterocycles. The molecule has 0 amide bonds. The summed E-state index contributed by atoms with van der Waals surface area (Å²) in [6.45, 7) is -2.58. The van der Waals surface area contributed by atoms with Gasteiger partial charge < -0.3 is 5.73 Å². The molecule has 108 valence electrons. The molecule has 0 radical (unpaired) electrons. The third-order valence-electron chi connectivity index (χ3n) is 2.05. The number of sulfonamides is 1. The lowest BCUT2D eigenvalue weighted by Crippen LogP contribution is -2.41. The molecular formula is C9H9F5N2O2S. The van der Waals surface area contributed by atoms with Crippen LogP contribution < -0.4 is 10.5 Å². The molecule has 19 heavy (non-hydrogen) atoms. The van der Waals surface area contributed by atoms with Crippen molar-refractivity contribution < 1.29 is 30.4 Å². The summed E-state index contributed by atoms with van der Waals surface area (Å²) < 4.78 is 88.7. The minimum atomic E-state index is -4.88. The first-order chi connectivity index (χ1) is 8.59. The van der Waals surface area contributed by atoms with Gasteiger partial charge in [0, 0.05) is 12.1 Å². The minimum Gasteiger partial charge on any atom is -0.325 e. The van der Waals surface area contributed by atoms with Gasteiger partial charge in [-0.15, -0.1) is 0 Å². The van der Waals surface area contributed by atoms with Gasteiger partial charge in [0.05, 0.1) is 13.1 Å². The van der Waals surface area contributed by atoms with Crippen LogP contribution in [0.15, 0.2) is 17.0 Å². The lowest BCUT2D eigenvalue weighted by atomic mass is 10.3. The molecule has 10 heteroatoms. The molecule has 1 aromatic carbocycles. The van der Waals surface area contributed by atoms with Crippen LogP contribution in [-0.4, -0.2) is 27.4 Å². The fourth-order valence-electron chi connectivity index (χ4n) is 1.13. The summed E-state index contributed by atoms with van der Waals surface area (Å²) in [6.07, 6.45) is 0. The molecular weight excluding hydrogens is 295 g/mol. The number of halogens is 5. The Balaban J connectivity index is 3.09. The average Bonchev–Trinajstić information content (AvgIpc) is 2.25. The molecule has 4 nitrogen and oxygen atoms in total. The Labute approximate surface area is 105 Å². The van der Waals surface area contributed by atoms with E-state index in [-0.39, 0.29) is 12.1 Å². The van der Waals surface area contributed by atoms with Crippen molar-refractivity contribution >= 4 is 10.0 Å². The molecule has 0 aliphatic carbocycles. The zero-order valence-corrected chi connectivity index (χ0v) is 10.1. The summed E-state index contributed by atoms with van der Waals surface area (Å²) in [4.78, 5) is -1.53. The standard InChI is InChI=1S/C9H9F5N2O2S/c10-5-1-6(11)8(7(12)2-5)19(17,18)16-4-9(13,14)3-15/h1-2,16H,3-4,15H2. The van der Waals surface area contributed by atoms with Crippen LogP contribution >= 0.6 is 0 Å². The van der Waals surface area contributed by atoms with E-state index in [1.165, 1.54) is 4.72 Å². The predicted molar refractivity (Wildman–Crippen MR) is 55.5 cm³/mol. The third-order valence-corrected chi connectivity index (χ3v) is 3.50. The monoisotopic (exact) mass is 304 g/mol. The molecule has 0 bridgehead atoms. The van der Waals surface area contributed by atoms with Crippen molar-refractivity contribution in [1.82, 2.24) is 4.72 Å². The van der Waals surface area contributed by atoms with Crippen LogP contribution in [0, 0.1) is 17.5 Å². The SMILES string of the molecule is NCC(F)(F)CNS(=O)(=O)c1c(F)cc(F)cc1F. The Bertz CT molecular complexity index is 553. The maximum Gasteiger partial charge on any atom is 0.273 e. The van der Waals surface area contributed by atoms with Crippen molar-refractivity contribution in [3.63, 3.8) is 0 Å². The largest absolute Gasteiger partial charge is 0.325 e. The highest BCUT2D eigenvalue weighted by atomic mass is 32.2. The van der Waals surface area contributed by atoms with Gasteiger partial charge in [0.15, 0.2) is 4.90 Å². The Morgan fingerprint density at radius 1 is 1.16 bits per heavy atom. The second-order valence-electron chi connectivity index (χ2n) is 3.58. The van der Waals surface area contributed by atoms with E-state index in [1.807, 2.05) is 0 Å². The van der Waals surface area contributed by atoms with Gasteiger partial charge in [0.1, 0.15) is 17.5 Å². The van der Waals surface area contributed by atoms with Crippen LogP contribution in [0.25, 0.3) is 0 Å². The Hall–Kier alpha value is -1.26. The molecule has 0 aliphatic rings. The fraction of sp³-hybridized carbons (Fsp3) is 0.333. The second kappa shape index (κ2) is 5.39. The van der Waals surface area contributed by atoms with Gasteiger partial charge in [0.2, 0.25) is 10.0 Å². The summed E-state index contributed by atoms with van der Waals surface area (Å²) in [5.41, 5.74) is 4.67. The number of alkyl halides is 2. The van der Waals surface area contributed by atoms with Gasteiger partial charge in [-0.3, -0.25) is 0 Å². The van der Waals surface area contributed by atoms with E-state index in [9.17, 15) is 30.4 Å². The first-order valence-electron chi connectivity index (χ1n) is 4.81. The minimum absolute atomic E-state index is 0.124. The number of benzene rings is 1. The van der Waals surface area contributed by atoms with E-state index in [2.05, 4.69) is 5.73 Å². The molecule has 0 saturated heterocycles. The Morgan fingerprint density at radius 2 is 1.63 bits per heavy atom. The average molecular weight is 304 g/mol. The van der Waals surface area contributed by atoms with Crippen LogP contribution in [0.4, 0.5) is 22.0 Å². The first kappa shape index (κ1) is 15.8. The maximum absolute atomic E-state index is 13.2. The van der Waals surface area contributed by atoms with Gasteiger partial charge >= 0.3 is 0 Å². The molecule has 0 spiro atoms. The zero-order valence-electron chi connectivity index (χ0n) is 9.26. The number of rotatable bonds is 5. The highest BCUT2D eigenvalue weighted by Crippen LogP contribution is 2.20. The van der Waals surface area contributed by atoms with E-state index in [0.717, 1.165) is 0 Å². The third kappa shape index (κ3) is 3.85. The molecule has 0 unspecified atom stereocenters. The van der Waals surface area contributed by atoms with Crippen LogP contribution in [-0.2, 0) is 10.0 Å². The molecule has 1 rings (SSSR count). The Morgan fingerprint density at radius 3 is 2.05 bits per heavy atom. The lowest BCUT2D eigenvalue weighted by molar-refractivity contribution is 0.0170. The molecule has 0 aliphatic heterocycles. The molecule has 0 aromatic heterocycles. The highest BCUT2D eigenvalue weighted by molar-refractivity contribution is 7.89. The molecule has 0 saturated carbocycles. The van der Waals surface area contributed by atoms with Crippen molar-refractivity contribution in [3.05, 3.63) is 29.6 Å². The summed E-state index contributed by atoms with van der Waals surface area (Å²) in [7, 11) is -4.88. The van der Waals surface area contributed by atoms with Gasteiger partial charge in [-0.25, -0.2) is 35.1 Å². The lowest BCUT2D eigenvalue weighted by Gasteiger charge is -2.15. The molecule has 0 atom stereocenters. The predicted octanol–water partition coefficient (Wildman–Crippen LogP) is 0.976. The van der Waals surface area contributed by atoms with E-state index in [0.29, 0.717) is 0 Å². The quantitative estimate of drug-likeness (QED) is 0.796. The van der Waals surface area contributed by atoms with Crippen molar-refractivity contribution in [2.45, 2.75) is 10.8 Å².